The van der Waals surface area contributed by atoms with Crippen LogP contribution in [0.2, 0.25) is 0 Å². The monoisotopic (exact) mass is 442 g/mol. The number of aliphatic hydroxyl groups is 1. The van der Waals surface area contributed by atoms with Gasteiger partial charge in [0.15, 0.2) is 0 Å². The maximum Gasteiger partial charge on any atom is 0.0540 e. The van der Waals surface area contributed by atoms with Crippen molar-refractivity contribution in [3.05, 3.63) is 46.7 Å². The third-order valence-electron chi connectivity index (χ3n) is 6.17. The molecule has 1 aliphatic heterocycles. The highest BCUT2D eigenvalue weighted by molar-refractivity contribution is 7.08. The SMILES string of the molecule is Cl.Cl.OC1CCC(C(CN2CCNCC2)c2ccc(-c3ccsc3)cc2)CC1. The molecule has 28 heavy (non-hydrogen) atoms. The van der Waals surface area contributed by atoms with Crippen LogP contribution >= 0.6 is 36.2 Å². The molecular weight excluding hydrogens is 411 g/mol. The highest BCUT2D eigenvalue weighted by Crippen LogP contribution is 2.37. The zero-order valence-electron chi connectivity index (χ0n) is 16.3. The van der Waals surface area contributed by atoms with Crippen molar-refractivity contribution in [2.45, 2.75) is 37.7 Å². The molecule has 3 nitrogen and oxygen atoms in total. The predicted octanol–water partition coefficient (Wildman–Crippen LogP) is 4.80. The lowest BCUT2D eigenvalue weighted by molar-refractivity contribution is 0.0932. The van der Waals surface area contributed by atoms with E-state index >= 15 is 0 Å². The fourth-order valence-electron chi connectivity index (χ4n) is 4.55. The first-order valence-electron chi connectivity index (χ1n) is 10.0. The zero-order chi connectivity index (χ0) is 17.8. The Morgan fingerprint density at radius 2 is 1.64 bits per heavy atom. The van der Waals surface area contributed by atoms with Crippen LogP contribution in [-0.2, 0) is 0 Å². The average molecular weight is 443 g/mol. The summed E-state index contributed by atoms with van der Waals surface area (Å²) in [6.45, 7) is 5.66. The van der Waals surface area contributed by atoms with E-state index in [1.54, 1.807) is 11.3 Å². The molecule has 2 fully saturated rings. The molecule has 1 saturated heterocycles. The van der Waals surface area contributed by atoms with Gasteiger partial charge in [0.2, 0.25) is 0 Å². The molecule has 0 bridgehead atoms. The second-order valence-electron chi connectivity index (χ2n) is 7.86. The number of thiophene rings is 1. The topological polar surface area (TPSA) is 35.5 Å². The van der Waals surface area contributed by atoms with Crippen molar-refractivity contribution in [3.8, 4) is 11.1 Å². The predicted molar refractivity (Wildman–Crippen MR) is 124 cm³/mol. The Hall–Kier alpha value is -0.620. The van der Waals surface area contributed by atoms with Crippen molar-refractivity contribution in [2.75, 3.05) is 32.7 Å². The molecular formula is C22H32Cl2N2OS. The molecule has 2 aromatic rings. The van der Waals surface area contributed by atoms with Gasteiger partial charge in [-0.1, -0.05) is 24.3 Å². The third kappa shape index (κ3) is 5.94. The Bertz CT molecular complexity index is 666. The van der Waals surface area contributed by atoms with Gasteiger partial charge in [-0.25, -0.2) is 0 Å². The van der Waals surface area contributed by atoms with E-state index in [-0.39, 0.29) is 30.9 Å². The number of rotatable bonds is 5. The van der Waals surface area contributed by atoms with Crippen molar-refractivity contribution in [1.29, 1.82) is 0 Å². The first kappa shape index (κ1) is 23.7. The summed E-state index contributed by atoms with van der Waals surface area (Å²) < 4.78 is 0. The van der Waals surface area contributed by atoms with Crippen LogP contribution in [0.15, 0.2) is 41.1 Å². The van der Waals surface area contributed by atoms with E-state index in [2.05, 4.69) is 51.3 Å². The van der Waals surface area contributed by atoms with Crippen LogP contribution in [0.4, 0.5) is 0 Å². The fraction of sp³-hybridized carbons (Fsp3) is 0.545. The largest absolute Gasteiger partial charge is 0.393 e. The molecule has 156 valence electrons. The number of nitrogens with one attached hydrogen (secondary N) is 1. The number of benzene rings is 1. The lowest BCUT2D eigenvalue weighted by Gasteiger charge is -2.37. The molecule has 1 aliphatic carbocycles. The van der Waals surface area contributed by atoms with Crippen LogP contribution in [0, 0.1) is 5.92 Å². The second-order valence-corrected chi connectivity index (χ2v) is 8.64. The van der Waals surface area contributed by atoms with Gasteiger partial charge in [-0.05, 0) is 71.0 Å². The Labute approximate surface area is 185 Å². The van der Waals surface area contributed by atoms with E-state index in [1.807, 2.05) is 0 Å². The lowest BCUT2D eigenvalue weighted by Crippen LogP contribution is -2.46. The maximum atomic E-state index is 9.93. The Balaban J connectivity index is 0.00000140. The van der Waals surface area contributed by atoms with Crippen LogP contribution in [0.5, 0.6) is 0 Å². The molecule has 2 aliphatic rings. The van der Waals surface area contributed by atoms with Gasteiger partial charge in [-0.15, -0.1) is 24.8 Å². The van der Waals surface area contributed by atoms with Crippen LogP contribution in [0.3, 0.4) is 0 Å². The first-order chi connectivity index (χ1) is 12.8. The molecule has 2 heterocycles. The highest BCUT2D eigenvalue weighted by atomic mass is 35.5. The number of nitrogens with zero attached hydrogens (tertiary/aromatic N) is 1. The smallest absolute Gasteiger partial charge is 0.0540 e. The van der Waals surface area contributed by atoms with Crippen LogP contribution in [-0.4, -0.2) is 48.8 Å². The number of hydrogen-bond acceptors (Lipinski definition) is 4. The van der Waals surface area contributed by atoms with Gasteiger partial charge in [0, 0.05) is 32.7 Å². The molecule has 1 aromatic carbocycles. The summed E-state index contributed by atoms with van der Waals surface area (Å²) in [4.78, 5) is 2.62. The standard InChI is InChI=1S/C22H30N2OS.2ClH/c25-21-7-5-19(6-8-21)22(15-24-12-10-23-11-13-24)18-3-1-17(2-4-18)20-9-14-26-16-20;;/h1-4,9,14,16,19,21-23,25H,5-8,10-13,15H2;2*1H. The Morgan fingerprint density at radius 1 is 0.964 bits per heavy atom. The Kier molecular flexibility index (Phi) is 9.75. The Morgan fingerprint density at radius 3 is 2.25 bits per heavy atom. The van der Waals surface area contributed by atoms with Crippen LogP contribution in [0.1, 0.15) is 37.2 Å². The molecule has 0 radical (unpaired) electrons. The number of piperazine rings is 1. The van der Waals surface area contributed by atoms with E-state index in [0.717, 1.165) is 58.4 Å². The molecule has 1 saturated carbocycles. The van der Waals surface area contributed by atoms with Crippen molar-refractivity contribution in [3.63, 3.8) is 0 Å². The van der Waals surface area contributed by atoms with Gasteiger partial charge in [-0.2, -0.15) is 11.3 Å². The molecule has 4 rings (SSSR count). The van der Waals surface area contributed by atoms with E-state index in [4.69, 9.17) is 0 Å². The summed E-state index contributed by atoms with van der Waals surface area (Å²) >= 11 is 1.75. The molecule has 0 amide bonds. The van der Waals surface area contributed by atoms with Crippen molar-refractivity contribution in [2.24, 2.45) is 5.92 Å². The van der Waals surface area contributed by atoms with Crippen LogP contribution in [0.25, 0.3) is 11.1 Å². The van der Waals surface area contributed by atoms with E-state index in [9.17, 15) is 5.11 Å². The summed E-state index contributed by atoms with van der Waals surface area (Å²) in [5.41, 5.74) is 4.11. The summed E-state index contributed by atoms with van der Waals surface area (Å²) in [6, 6.07) is 11.5. The summed E-state index contributed by atoms with van der Waals surface area (Å²) in [7, 11) is 0. The highest BCUT2D eigenvalue weighted by Gasteiger charge is 2.29. The quantitative estimate of drug-likeness (QED) is 0.697. The number of hydrogen-bond donors (Lipinski definition) is 2. The minimum atomic E-state index is -0.0768. The normalized spacial score (nSPS) is 24.0. The van der Waals surface area contributed by atoms with Gasteiger partial charge in [0.05, 0.1) is 6.10 Å². The second kappa shape index (κ2) is 11.5. The molecule has 6 heteroatoms. The maximum absolute atomic E-state index is 9.93. The van der Waals surface area contributed by atoms with E-state index < -0.39 is 0 Å². The molecule has 1 aromatic heterocycles. The van der Waals surface area contributed by atoms with E-state index in [0.29, 0.717) is 11.8 Å². The van der Waals surface area contributed by atoms with Crippen molar-refractivity contribution < 1.29 is 5.11 Å². The summed E-state index contributed by atoms with van der Waals surface area (Å²) in [5.74, 6) is 1.28. The first-order valence-corrected chi connectivity index (χ1v) is 11.0. The molecule has 2 N–H and O–H groups in total. The lowest BCUT2D eigenvalue weighted by atomic mass is 9.75. The summed E-state index contributed by atoms with van der Waals surface area (Å²) in [6.07, 6.45) is 4.17. The number of halogens is 2. The molecule has 0 spiro atoms. The fourth-order valence-corrected chi connectivity index (χ4v) is 5.22. The van der Waals surface area contributed by atoms with Gasteiger partial charge >= 0.3 is 0 Å². The minimum Gasteiger partial charge on any atom is -0.393 e. The van der Waals surface area contributed by atoms with Gasteiger partial charge < -0.3 is 15.3 Å². The van der Waals surface area contributed by atoms with Crippen molar-refractivity contribution >= 4 is 36.2 Å². The average Bonchev–Trinajstić information content (AvgIpc) is 3.23. The minimum absolute atomic E-state index is 0. The number of aliphatic hydroxyl groups excluding tert-OH is 1. The van der Waals surface area contributed by atoms with Gasteiger partial charge in [-0.3, -0.25) is 0 Å². The van der Waals surface area contributed by atoms with Gasteiger partial charge in [0.25, 0.3) is 0 Å². The summed E-state index contributed by atoms with van der Waals surface area (Å²) in [5, 5.41) is 17.7. The third-order valence-corrected chi connectivity index (χ3v) is 6.85. The van der Waals surface area contributed by atoms with E-state index in [1.165, 1.54) is 16.7 Å². The van der Waals surface area contributed by atoms with Crippen LogP contribution < -0.4 is 5.32 Å². The molecule has 1 atom stereocenters. The van der Waals surface area contributed by atoms with Crippen molar-refractivity contribution in [1.82, 2.24) is 10.2 Å². The zero-order valence-corrected chi connectivity index (χ0v) is 18.7. The molecule has 1 unspecified atom stereocenters. The van der Waals surface area contributed by atoms with Gasteiger partial charge in [0.1, 0.15) is 0 Å².